The molecular formula is C17H26N2O. The molecule has 1 N–H and O–H groups in total. The van der Waals surface area contributed by atoms with Crippen molar-refractivity contribution in [3.63, 3.8) is 0 Å². The molecule has 0 aromatic heterocycles. The molecule has 1 aliphatic heterocycles. The molecule has 0 radical (unpaired) electrons. The van der Waals surface area contributed by atoms with E-state index in [4.69, 9.17) is 0 Å². The number of nitrogens with one attached hydrogen (secondary N) is 1. The van der Waals surface area contributed by atoms with E-state index in [9.17, 15) is 4.79 Å². The molecule has 110 valence electrons. The Labute approximate surface area is 122 Å². The van der Waals surface area contributed by atoms with E-state index in [1.54, 1.807) is 0 Å². The van der Waals surface area contributed by atoms with Gasteiger partial charge in [0.25, 0.3) is 0 Å². The number of hydrogen-bond donors (Lipinski definition) is 1. The first-order chi connectivity index (χ1) is 9.41. The first-order valence-electron chi connectivity index (χ1n) is 7.54. The van der Waals surface area contributed by atoms with Gasteiger partial charge in [0.05, 0.1) is 5.92 Å². The summed E-state index contributed by atoms with van der Waals surface area (Å²) >= 11 is 0. The number of likely N-dealkylation sites (N-methyl/N-ethyl adjacent to an activating group) is 1. The van der Waals surface area contributed by atoms with E-state index in [0.29, 0.717) is 12.0 Å². The second-order valence-electron chi connectivity index (χ2n) is 6.35. The number of amides is 1. The second kappa shape index (κ2) is 5.86. The van der Waals surface area contributed by atoms with Crippen LogP contribution in [0, 0.1) is 5.92 Å². The molecule has 0 aliphatic carbocycles. The van der Waals surface area contributed by atoms with Crippen molar-refractivity contribution < 1.29 is 4.79 Å². The fourth-order valence-corrected chi connectivity index (χ4v) is 2.86. The van der Waals surface area contributed by atoms with Crippen LogP contribution in [0.4, 0.5) is 5.69 Å². The Kier molecular flexibility index (Phi) is 4.36. The zero-order valence-electron chi connectivity index (χ0n) is 13.2. The average molecular weight is 274 g/mol. The van der Waals surface area contributed by atoms with Crippen molar-refractivity contribution in [2.24, 2.45) is 5.92 Å². The highest BCUT2D eigenvalue weighted by Crippen LogP contribution is 2.35. The third-order valence-corrected chi connectivity index (χ3v) is 4.55. The molecule has 1 heterocycles. The van der Waals surface area contributed by atoms with Gasteiger partial charge in [0.15, 0.2) is 0 Å². The summed E-state index contributed by atoms with van der Waals surface area (Å²) in [6.45, 7) is 8.59. The molecule has 1 aliphatic rings. The van der Waals surface area contributed by atoms with Gasteiger partial charge in [-0.05, 0) is 37.8 Å². The monoisotopic (exact) mass is 274 g/mol. The lowest BCUT2D eigenvalue weighted by Crippen LogP contribution is -2.43. The predicted octanol–water partition coefficient (Wildman–Crippen LogP) is 3.48. The van der Waals surface area contributed by atoms with Crippen LogP contribution in [-0.4, -0.2) is 29.9 Å². The Morgan fingerprint density at radius 2 is 1.95 bits per heavy atom. The summed E-state index contributed by atoms with van der Waals surface area (Å²) in [5, 5.41) is 3.46. The Morgan fingerprint density at radius 1 is 1.30 bits per heavy atom. The Hall–Kier alpha value is -1.51. The third-order valence-electron chi connectivity index (χ3n) is 4.55. The van der Waals surface area contributed by atoms with Crippen LogP contribution in [-0.2, 0) is 4.79 Å². The molecule has 2 rings (SSSR count). The van der Waals surface area contributed by atoms with E-state index < -0.39 is 0 Å². The molecule has 3 heteroatoms. The Balaban J connectivity index is 2.26. The summed E-state index contributed by atoms with van der Waals surface area (Å²) in [6.07, 6.45) is 0.866. The maximum Gasteiger partial charge on any atom is 0.230 e. The van der Waals surface area contributed by atoms with Crippen molar-refractivity contribution in [2.75, 3.05) is 12.4 Å². The number of carbonyl (C=O) groups is 1. The van der Waals surface area contributed by atoms with Crippen LogP contribution < -0.4 is 5.32 Å². The average Bonchev–Trinajstić information content (AvgIpc) is 2.43. The number of para-hydroxylation sites is 1. The number of hydrogen-bond acceptors (Lipinski definition) is 2. The number of benzene rings is 1. The van der Waals surface area contributed by atoms with Crippen LogP contribution >= 0.6 is 0 Å². The minimum absolute atomic E-state index is 0.0198. The number of anilines is 1. The van der Waals surface area contributed by atoms with Gasteiger partial charge in [0, 0.05) is 24.8 Å². The minimum Gasteiger partial charge on any atom is -0.382 e. The summed E-state index contributed by atoms with van der Waals surface area (Å²) < 4.78 is 0. The maximum atomic E-state index is 12.9. The summed E-state index contributed by atoms with van der Waals surface area (Å²) in [7, 11) is 1.93. The zero-order chi connectivity index (χ0) is 14.9. The molecule has 20 heavy (non-hydrogen) atoms. The molecule has 0 fully saturated rings. The fourth-order valence-electron chi connectivity index (χ4n) is 2.86. The summed E-state index contributed by atoms with van der Waals surface area (Å²) in [5.41, 5.74) is 2.24. The molecule has 1 aromatic rings. The largest absolute Gasteiger partial charge is 0.382 e. The topological polar surface area (TPSA) is 32.3 Å². The minimum atomic E-state index is -0.0198. The second-order valence-corrected chi connectivity index (χ2v) is 6.35. The Bertz CT molecular complexity index is 484. The molecule has 3 atom stereocenters. The first-order valence-corrected chi connectivity index (χ1v) is 7.54. The van der Waals surface area contributed by atoms with Crippen LogP contribution in [0.5, 0.6) is 0 Å². The van der Waals surface area contributed by atoms with E-state index in [0.717, 1.165) is 17.7 Å². The first kappa shape index (κ1) is 14.9. The number of carbonyl (C=O) groups excluding carboxylic acids is 1. The standard InChI is InChI=1S/C17H26N2O/c1-11(2)13(4)19(5)17(20)15-10-12(3)18-16-9-7-6-8-14(15)16/h6-9,11-13,15,18H,10H2,1-5H3. The molecule has 0 saturated carbocycles. The Morgan fingerprint density at radius 3 is 2.60 bits per heavy atom. The van der Waals surface area contributed by atoms with Gasteiger partial charge < -0.3 is 10.2 Å². The maximum absolute atomic E-state index is 12.9. The molecule has 1 aromatic carbocycles. The number of fused-ring (bicyclic) bond motifs is 1. The zero-order valence-corrected chi connectivity index (χ0v) is 13.2. The molecule has 3 unspecified atom stereocenters. The van der Waals surface area contributed by atoms with Crippen LogP contribution in [0.2, 0.25) is 0 Å². The van der Waals surface area contributed by atoms with E-state index in [2.05, 4.69) is 45.1 Å². The summed E-state index contributed by atoms with van der Waals surface area (Å²) in [4.78, 5) is 14.8. The van der Waals surface area contributed by atoms with E-state index in [-0.39, 0.29) is 17.9 Å². The van der Waals surface area contributed by atoms with Crippen LogP contribution in [0.1, 0.15) is 45.6 Å². The lowest BCUT2D eigenvalue weighted by molar-refractivity contribution is -0.134. The van der Waals surface area contributed by atoms with Crippen molar-refractivity contribution in [3.8, 4) is 0 Å². The lowest BCUT2D eigenvalue weighted by Gasteiger charge is -2.36. The number of nitrogens with zero attached hydrogens (tertiary/aromatic N) is 1. The van der Waals surface area contributed by atoms with Gasteiger partial charge >= 0.3 is 0 Å². The van der Waals surface area contributed by atoms with Gasteiger partial charge in [-0.1, -0.05) is 32.0 Å². The van der Waals surface area contributed by atoms with Gasteiger partial charge in [-0.25, -0.2) is 0 Å². The molecular weight excluding hydrogens is 248 g/mol. The van der Waals surface area contributed by atoms with E-state index in [1.165, 1.54) is 0 Å². The van der Waals surface area contributed by atoms with Crippen molar-refractivity contribution in [3.05, 3.63) is 29.8 Å². The van der Waals surface area contributed by atoms with Crippen LogP contribution in [0.25, 0.3) is 0 Å². The van der Waals surface area contributed by atoms with E-state index in [1.807, 2.05) is 24.1 Å². The van der Waals surface area contributed by atoms with Crippen molar-refractivity contribution >= 4 is 11.6 Å². The van der Waals surface area contributed by atoms with Gasteiger partial charge in [-0.2, -0.15) is 0 Å². The highest BCUT2D eigenvalue weighted by Gasteiger charge is 2.33. The van der Waals surface area contributed by atoms with E-state index >= 15 is 0 Å². The van der Waals surface area contributed by atoms with Crippen LogP contribution in [0.15, 0.2) is 24.3 Å². The van der Waals surface area contributed by atoms with Gasteiger partial charge in [0.1, 0.15) is 0 Å². The summed E-state index contributed by atoms with van der Waals surface area (Å²) in [6, 6.07) is 8.78. The quantitative estimate of drug-likeness (QED) is 0.915. The highest BCUT2D eigenvalue weighted by molar-refractivity contribution is 5.86. The van der Waals surface area contributed by atoms with Gasteiger partial charge in [-0.15, -0.1) is 0 Å². The van der Waals surface area contributed by atoms with Crippen molar-refractivity contribution in [1.29, 1.82) is 0 Å². The normalized spacial score (nSPS) is 22.9. The van der Waals surface area contributed by atoms with Crippen molar-refractivity contribution in [2.45, 2.75) is 52.1 Å². The van der Waals surface area contributed by atoms with Gasteiger partial charge in [0.2, 0.25) is 5.91 Å². The molecule has 0 saturated heterocycles. The third kappa shape index (κ3) is 2.82. The molecule has 0 spiro atoms. The number of rotatable bonds is 3. The molecule has 3 nitrogen and oxygen atoms in total. The SMILES string of the molecule is CC1CC(C(=O)N(C)C(C)C(C)C)c2ccccc2N1. The molecule has 0 bridgehead atoms. The smallest absolute Gasteiger partial charge is 0.230 e. The summed E-state index contributed by atoms with van der Waals surface area (Å²) in [5.74, 6) is 0.694. The predicted molar refractivity (Wildman–Crippen MR) is 84.0 cm³/mol. The lowest BCUT2D eigenvalue weighted by atomic mass is 9.86. The van der Waals surface area contributed by atoms with Crippen molar-refractivity contribution in [1.82, 2.24) is 4.90 Å². The van der Waals surface area contributed by atoms with Crippen LogP contribution in [0.3, 0.4) is 0 Å². The fraction of sp³-hybridized carbons (Fsp3) is 0.588. The molecule has 1 amide bonds. The highest BCUT2D eigenvalue weighted by atomic mass is 16.2. The van der Waals surface area contributed by atoms with Gasteiger partial charge in [-0.3, -0.25) is 4.79 Å².